The molecule has 1 N–H and O–H groups in total. The van der Waals surface area contributed by atoms with Gasteiger partial charge in [0.15, 0.2) is 5.16 Å². The molecule has 0 saturated carbocycles. The molecule has 0 saturated heterocycles. The number of hydrogen-bond acceptors (Lipinski definition) is 7. The maximum Gasteiger partial charge on any atom is 0.234 e. The summed E-state index contributed by atoms with van der Waals surface area (Å²) in [5.74, 6) is 2.90. The van der Waals surface area contributed by atoms with Crippen LogP contribution in [0.5, 0.6) is 17.2 Å². The number of amides is 1. The molecule has 0 aliphatic rings. The predicted molar refractivity (Wildman–Crippen MR) is 120 cm³/mol. The van der Waals surface area contributed by atoms with E-state index in [9.17, 15) is 4.79 Å². The Hall–Kier alpha value is -3.20. The van der Waals surface area contributed by atoms with Gasteiger partial charge in [0.25, 0.3) is 0 Å². The third-order valence-corrected chi connectivity index (χ3v) is 5.61. The highest BCUT2D eigenvalue weighted by Gasteiger charge is 2.15. The Balaban J connectivity index is 1.64. The first-order valence-corrected chi connectivity index (χ1v) is 10.8. The topological polar surface area (TPSA) is 87.5 Å². The number of benzene rings is 2. The molecule has 1 amide bonds. The standard InChI is InChI=1S/C22H26N4O4S/c1-5-26-20(12-15-6-8-16(28-2)9-7-15)24-25-22(26)31-14-21(27)23-18-13-17(29-3)10-11-19(18)30-4/h6-11,13H,5,12,14H2,1-4H3,(H,23,27). The first-order chi connectivity index (χ1) is 15.1. The van der Waals surface area contributed by atoms with E-state index in [1.807, 2.05) is 35.8 Å². The van der Waals surface area contributed by atoms with Crippen molar-refractivity contribution in [3.8, 4) is 17.2 Å². The fourth-order valence-corrected chi connectivity index (χ4v) is 3.85. The van der Waals surface area contributed by atoms with Gasteiger partial charge >= 0.3 is 0 Å². The molecule has 1 heterocycles. The normalized spacial score (nSPS) is 10.6. The number of methoxy groups -OCH3 is 3. The van der Waals surface area contributed by atoms with Gasteiger partial charge in [0, 0.05) is 19.0 Å². The van der Waals surface area contributed by atoms with Gasteiger partial charge in [-0.3, -0.25) is 4.79 Å². The third kappa shape index (κ3) is 5.69. The van der Waals surface area contributed by atoms with Crippen molar-refractivity contribution in [2.45, 2.75) is 25.0 Å². The van der Waals surface area contributed by atoms with E-state index in [2.05, 4.69) is 15.5 Å². The molecule has 3 rings (SSSR count). The number of carbonyl (C=O) groups is 1. The molecule has 3 aromatic rings. The van der Waals surface area contributed by atoms with Gasteiger partial charge in [-0.15, -0.1) is 10.2 Å². The molecular formula is C22H26N4O4S. The summed E-state index contributed by atoms with van der Waals surface area (Å²) in [4.78, 5) is 12.5. The number of anilines is 1. The Morgan fingerprint density at radius 3 is 2.35 bits per heavy atom. The van der Waals surface area contributed by atoms with Crippen molar-refractivity contribution in [2.75, 3.05) is 32.4 Å². The van der Waals surface area contributed by atoms with Gasteiger partial charge in [-0.1, -0.05) is 23.9 Å². The molecule has 0 unspecified atom stereocenters. The number of hydrogen-bond donors (Lipinski definition) is 1. The molecule has 0 bridgehead atoms. The molecule has 0 atom stereocenters. The highest BCUT2D eigenvalue weighted by Crippen LogP contribution is 2.29. The molecule has 2 aromatic carbocycles. The predicted octanol–water partition coefficient (Wildman–Crippen LogP) is 3.65. The van der Waals surface area contributed by atoms with Crippen LogP contribution in [-0.2, 0) is 17.8 Å². The monoisotopic (exact) mass is 442 g/mol. The summed E-state index contributed by atoms with van der Waals surface area (Å²) in [5, 5.41) is 12.2. The molecule has 0 fully saturated rings. The lowest BCUT2D eigenvalue weighted by Crippen LogP contribution is -2.15. The van der Waals surface area contributed by atoms with Gasteiger partial charge in [-0.05, 0) is 36.8 Å². The zero-order chi connectivity index (χ0) is 22.2. The van der Waals surface area contributed by atoms with Gasteiger partial charge in [-0.25, -0.2) is 0 Å². The summed E-state index contributed by atoms with van der Waals surface area (Å²) < 4.78 is 17.8. The number of ether oxygens (including phenoxy) is 3. The maximum absolute atomic E-state index is 12.5. The van der Waals surface area contributed by atoms with Crippen molar-refractivity contribution in [3.05, 3.63) is 53.9 Å². The van der Waals surface area contributed by atoms with E-state index in [0.717, 1.165) is 17.1 Å². The number of carbonyl (C=O) groups excluding carboxylic acids is 1. The molecule has 8 nitrogen and oxygen atoms in total. The van der Waals surface area contributed by atoms with Crippen molar-refractivity contribution in [3.63, 3.8) is 0 Å². The molecule has 0 aliphatic carbocycles. The van der Waals surface area contributed by atoms with Crippen LogP contribution in [0.15, 0.2) is 47.6 Å². The van der Waals surface area contributed by atoms with E-state index in [4.69, 9.17) is 14.2 Å². The number of aromatic nitrogens is 3. The fraction of sp³-hybridized carbons (Fsp3) is 0.318. The van der Waals surface area contributed by atoms with Crippen LogP contribution in [0, 0.1) is 0 Å². The van der Waals surface area contributed by atoms with E-state index in [0.29, 0.717) is 35.3 Å². The second kappa shape index (κ2) is 10.7. The van der Waals surface area contributed by atoms with Crippen LogP contribution in [0.25, 0.3) is 0 Å². The molecule has 31 heavy (non-hydrogen) atoms. The Morgan fingerprint density at radius 2 is 1.71 bits per heavy atom. The first kappa shape index (κ1) is 22.5. The highest BCUT2D eigenvalue weighted by molar-refractivity contribution is 7.99. The van der Waals surface area contributed by atoms with E-state index in [1.54, 1.807) is 39.5 Å². The smallest absolute Gasteiger partial charge is 0.234 e. The summed E-state index contributed by atoms with van der Waals surface area (Å²) in [6.45, 7) is 2.75. The highest BCUT2D eigenvalue weighted by atomic mass is 32.2. The Labute approximate surface area is 185 Å². The second-order valence-electron chi connectivity index (χ2n) is 6.57. The number of rotatable bonds is 10. The summed E-state index contributed by atoms with van der Waals surface area (Å²) in [7, 11) is 4.78. The summed E-state index contributed by atoms with van der Waals surface area (Å²) >= 11 is 1.35. The van der Waals surface area contributed by atoms with Crippen LogP contribution in [0.1, 0.15) is 18.3 Å². The minimum Gasteiger partial charge on any atom is -0.497 e. The van der Waals surface area contributed by atoms with Gasteiger partial charge in [0.1, 0.15) is 23.1 Å². The van der Waals surface area contributed by atoms with Crippen LogP contribution in [0.4, 0.5) is 5.69 Å². The zero-order valence-corrected chi connectivity index (χ0v) is 18.9. The summed E-state index contributed by atoms with van der Waals surface area (Å²) in [6, 6.07) is 13.1. The van der Waals surface area contributed by atoms with Gasteiger partial charge in [-0.2, -0.15) is 0 Å². The number of nitrogens with zero attached hydrogens (tertiary/aromatic N) is 3. The van der Waals surface area contributed by atoms with Gasteiger partial charge in [0.2, 0.25) is 5.91 Å². The lowest BCUT2D eigenvalue weighted by molar-refractivity contribution is -0.113. The van der Waals surface area contributed by atoms with Crippen LogP contribution < -0.4 is 19.5 Å². The van der Waals surface area contributed by atoms with Crippen molar-refractivity contribution in [1.82, 2.24) is 14.8 Å². The van der Waals surface area contributed by atoms with Crippen molar-refractivity contribution < 1.29 is 19.0 Å². The van der Waals surface area contributed by atoms with Gasteiger partial charge in [0.05, 0.1) is 32.8 Å². The van der Waals surface area contributed by atoms with Crippen molar-refractivity contribution in [2.24, 2.45) is 0 Å². The van der Waals surface area contributed by atoms with Crippen LogP contribution in [0.3, 0.4) is 0 Å². The molecule has 0 aliphatic heterocycles. The van der Waals surface area contributed by atoms with E-state index < -0.39 is 0 Å². The average Bonchev–Trinajstić information content (AvgIpc) is 3.19. The van der Waals surface area contributed by atoms with Crippen LogP contribution in [0.2, 0.25) is 0 Å². The first-order valence-electron chi connectivity index (χ1n) is 9.77. The molecular weight excluding hydrogens is 416 g/mol. The largest absolute Gasteiger partial charge is 0.497 e. The summed E-state index contributed by atoms with van der Waals surface area (Å²) in [5.41, 5.74) is 1.67. The lowest BCUT2D eigenvalue weighted by Gasteiger charge is -2.12. The van der Waals surface area contributed by atoms with Gasteiger partial charge < -0.3 is 24.1 Å². The third-order valence-electron chi connectivity index (χ3n) is 4.64. The zero-order valence-electron chi connectivity index (χ0n) is 18.0. The van der Waals surface area contributed by atoms with E-state index in [1.165, 1.54) is 11.8 Å². The Bertz CT molecular complexity index is 1020. The van der Waals surface area contributed by atoms with E-state index in [-0.39, 0.29) is 11.7 Å². The lowest BCUT2D eigenvalue weighted by atomic mass is 10.1. The van der Waals surface area contributed by atoms with Crippen molar-refractivity contribution in [1.29, 1.82) is 0 Å². The minimum absolute atomic E-state index is 0.168. The molecule has 0 radical (unpaired) electrons. The van der Waals surface area contributed by atoms with Crippen LogP contribution >= 0.6 is 11.8 Å². The number of nitrogens with one attached hydrogen (secondary N) is 1. The average molecular weight is 443 g/mol. The summed E-state index contributed by atoms with van der Waals surface area (Å²) in [6.07, 6.45) is 0.651. The minimum atomic E-state index is -0.168. The fourth-order valence-electron chi connectivity index (χ4n) is 3.03. The van der Waals surface area contributed by atoms with Crippen LogP contribution in [-0.4, -0.2) is 47.8 Å². The SMILES string of the molecule is CCn1c(Cc2ccc(OC)cc2)nnc1SCC(=O)Nc1cc(OC)ccc1OC. The quantitative estimate of drug-likeness (QED) is 0.480. The number of thioether (sulfide) groups is 1. The molecule has 164 valence electrons. The second-order valence-corrected chi connectivity index (χ2v) is 7.51. The Morgan fingerprint density at radius 1 is 1.00 bits per heavy atom. The molecule has 9 heteroatoms. The van der Waals surface area contributed by atoms with E-state index >= 15 is 0 Å². The van der Waals surface area contributed by atoms with Crippen molar-refractivity contribution >= 4 is 23.4 Å². The molecule has 1 aromatic heterocycles. The Kier molecular flexibility index (Phi) is 7.77. The maximum atomic E-state index is 12.5. The molecule has 0 spiro atoms.